The van der Waals surface area contributed by atoms with Gasteiger partial charge in [0.25, 0.3) is 0 Å². The third-order valence-electron chi connectivity index (χ3n) is 5.18. The van der Waals surface area contributed by atoms with Crippen LogP contribution in [0.2, 0.25) is 0 Å². The van der Waals surface area contributed by atoms with Gasteiger partial charge < -0.3 is 28.6 Å². The highest BCUT2D eigenvalue weighted by molar-refractivity contribution is 5.77. The highest BCUT2D eigenvalue weighted by Crippen LogP contribution is 2.38. The summed E-state index contributed by atoms with van der Waals surface area (Å²) in [5.41, 5.74) is 0.972. The molecule has 1 unspecified atom stereocenters. The van der Waals surface area contributed by atoms with Gasteiger partial charge in [-0.2, -0.15) is 0 Å². The van der Waals surface area contributed by atoms with Gasteiger partial charge >= 0.3 is 0 Å². The van der Waals surface area contributed by atoms with E-state index in [4.69, 9.17) is 23.7 Å². The van der Waals surface area contributed by atoms with E-state index in [0.717, 1.165) is 31.4 Å². The van der Waals surface area contributed by atoms with Gasteiger partial charge in [-0.25, -0.2) is 0 Å². The van der Waals surface area contributed by atoms with Crippen molar-refractivity contribution in [2.45, 2.75) is 44.4 Å². The molecule has 2 fully saturated rings. The number of ether oxygens (including phenoxy) is 5. The summed E-state index contributed by atoms with van der Waals surface area (Å²) in [5, 5.41) is 0. The normalized spacial score (nSPS) is 20.6. The molecule has 27 heavy (non-hydrogen) atoms. The molecule has 0 N–H and O–H groups in total. The van der Waals surface area contributed by atoms with Crippen molar-refractivity contribution in [2.75, 3.05) is 41.1 Å². The second-order valence-electron chi connectivity index (χ2n) is 6.79. The van der Waals surface area contributed by atoms with Gasteiger partial charge in [0.1, 0.15) is 0 Å². The number of likely N-dealkylation sites (tertiary alicyclic amines) is 1. The van der Waals surface area contributed by atoms with Crippen molar-refractivity contribution in [3.05, 3.63) is 17.7 Å². The molecule has 2 heterocycles. The molecule has 2 saturated heterocycles. The Morgan fingerprint density at radius 1 is 1.07 bits per heavy atom. The fourth-order valence-corrected chi connectivity index (χ4v) is 3.82. The fraction of sp³-hybridized carbons (Fsp3) is 0.650. The Kier molecular flexibility index (Phi) is 6.79. The summed E-state index contributed by atoms with van der Waals surface area (Å²) >= 11 is 0. The monoisotopic (exact) mass is 379 g/mol. The lowest BCUT2D eigenvalue weighted by Gasteiger charge is -2.38. The lowest BCUT2D eigenvalue weighted by Crippen LogP contribution is -2.50. The first-order chi connectivity index (χ1) is 13.2. The number of carbonyl (C=O) groups is 1. The molecule has 7 heteroatoms. The molecule has 7 nitrogen and oxygen atoms in total. The van der Waals surface area contributed by atoms with Gasteiger partial charge in [0.2, 0.25) is 11.7 Å². The fourth-order valence-electron chi connectivity index (χ4n) is 3.82. The Balaban J connectivity index is 1.67. The van der Waals surface area contributed by atoms with E-state index >= 15 is 0 Å². The number of carbonyl (C=O) groups excluding carboxylic acids is 1. The van der Waals surface area contributed by atoms with E-state index in [2.05, 4.69) is 0 Å². The first-order valence-corrected chi connectivity index (χ1v) is 9.49. The summed E-state index contributed by atoms with van der Waals surface area (Å²) in [4.78, 5) is 14.8. The number of aryl methyl sites for hydroxylation is 1. The molecule has 0 aromatic heterocycles. The van der Waals surface area contributed by atoms with Crippen LogP contribution in [0.25, 0.3) is 0 Å². The number of hydrogen-bond acceptors (Lipinski definition) is 6. The van der Waals surface area contributed by atoms with E-state index in [9.17, 15) is 4.79 Å². The molecule has 1 amide bonds. The minimum atomic E-state index is -0.282. The van der Waals surface area contributed by atoms with Crippen molar-refractivity contribution < 1.29 is 28.5 Å². The van der Waals surface area contributed by atoms with Crippen LogP contribution in [0.15, 0.2) is 12.1 Å². The molecule has 2 aliphatic heterocycles. The maximum absolute atomic E-state index is 12.9. The smallest absolute Gasteiger partial charge is 0.223 e. The summed E-state index contributed by atoms with van der Waals surface area (Å²) in [6.07, 6.45) is 3.80. The summed E-state index contributed by atoms with van der Waals surface area (Å²) < 4.78 is 27.5. The van der Waals surface area contributed by atoms with Crippen LogP contribution >= 0.6 is 0 Å². The van der Waals surface area contributed by atoms with E-state index in [1.54, 1.807) is 21.3 Å². The number of amides is 1. The van der Waals surface area contributed by atoms with Crippen LogP contribution in [-0.2, 0) is 20.7 Å². The van der Waals surface area contributed by atoms with Gasteiger partial charge in [-0.3, -0.25) is 4.79 Å². The van der Waals surface area contributed by atoms with Gasteiger partial charge in [0, 0.05) is 13.0 Å². The quantitative estimate of drug-likeness (QED) is 0.725. The van der Waals surface area contributed by atoms with Crippen molar-refractivity contribution in [2.24, 2.45) is 0 Å². The summed E-state index contributed by atoms with van der Waals surface area (Å²) in [7, 11) is 4.76. The van der Waals surface area contributed by atoms with Crippen molar-refractivity contribution >= 4 is 5.91 Å². The zero-order valence-electron chi connectivity index (χ0n) is 16.4. The van der Waals surface area contributed by atoms with Gasteiger partial charge in [-0.15, -0.1) is 0 Å². The van der Waals surface area contributed by atoms with E-state index in [1.807, 2.05) is 17.0 Å². The lowest BCUT2D eigenvalue weighted by molar-refractivity contribution is -0.150. The minimum Gasteiger partial charge on any atom is -0.493 e. The average Bonchev–Trinajstić information content (AvgIpc) is 3.25. The molecule has 3 rings (SSSR count). The van der Waals surface area contributed by atoms with Crippen LogP contribution in [0.4, 0.5) is 0 Å². The lowest BCUT2D eigenvalue weighted by atomic mass is 10.00. The highest BCUT2D eigenvalue weighted by Gasteiger charge is 2.35. The molecule has 0 radical (unpaired) electrons. The first-order valence-electron chi connectivity index (χ1n) is 9.49. The number of methoxy groups -OCH3 is 3. The Morgan fingerprint density at radius 2 is 1.74 bits per heavy atom. The third-order valence-corrected chi connectivity index (χ3v) is 5.18. The van der Waals surface area contributed by atoms with E-state index in [1.165, 1.54) is 0 Å². The number of rotatable bonds is 7. The molecule has 0 bridgehead atoms. The molecule has 150 valence electrons. The Bertz CT molecular complexity index is 618. The van der Waals surface area contributed by atoms with Gasteiger partial charge in [-0.05, 0) is 43.4 Å². The van der Waals surface area contributed by atoms with Gasteiger partial charge in [0.05, 0.1) is 40.6 Å². The van der Waals surface area contributed by atoms with Crippen molar-refractivity contribution in [3.63, 3.8) is 0 Å². The van der Waals surface area contributed by atoms with Crippen molar-refractivity contribution in [1.82, 2.24) is 4.90 Å². The number of benzene rings is 1. The molecular formula is C20H29NO6. The molecule has 1 aromatic carbocycles. The molecular weight excluding hydrogens is 350 g/mol. The van der Waals surface area contributed by atoms with E-state index in [-0.39, 0.29) is 18.2 Å². The maximum Gasteiger partial charge on any atom is 0.223 e. The summed E-state index contributed by atoms with van der Waals surface area (Å²) in [6.45, 7) is 1.98. The molecule has 2 aliphatic rings. The van der Waals surface area contributed by atoms with Crippen LogP contribution in [0.3, 0.4) is 0 Å². The maximum atomic E-state index is 12.9. The largest absolute Gasteiger partial charge is 0.493 e. The second kappa shape index (κ2) is 9.28. The molecule has 0 saturated carbocycles. The number of hydrogen-bond donors (Lipinski definition) is 0. The molecule has 1 aromatic rings. The molecule has 1 atom stereocenters. The minimum absolute atomic E-state index is 0.0219. The number of piperidine rings is 1. The third kappa shape index (κ3) is 4.47. The first kappa shape index (κ1) is 19.8. The second-order valence-corrected chi connectivity index (χ2v) is 6.79. The predicted octanol–water partition coefficient (Wildman–Crippen LogP) is 2.40. The van der Waals surface area contributed by atoms with Crippen LogP contribution in [0.5, 0.6) is 17.2 Å². The van der Waals surface area contributed by atoms with Crippen LogP contribution < -0.4 is 14.2 Å². The summed E-state index contributed by atoms with van der Waals surface area (Å²) in [5.74, 6) is 1.89. The molecule has 0 spiro atoms. The summed E-state index contributed by atoms with van der Waals surface area (Å²) in [6, 6.07) is 3.81. The highest BCUT2D eigenvalue weighted by atomic mass is 16.7. The topological polar surface area (TPSA) is 66.5 Å². The van der Waals surface area contributed by atoms with E-state index < -0.39 is 0 Å². The Labute approximate surface area is 160 Å². The van der Waals surface area contributed by atoms with Gasteiger partial charge in [-0.1, -0.05) is 0 Å². The average molecular weight is 379 g/mol. The zero-order chi connectivity index (χ0) is 19.2. The Morgan fingerprint density at radius 3 is 2.33 bits per heavy atom. The van der Waals surface area contributed by atoms with Crippen molar-refractivity contribution in [1.29, 1.82) is 0 Å². The molecule has 0 aliphatic carbocycles. The standard InChI is InChI=1S/C20H29NO6/c1-23-16-12-14(13-17(24-2)19(16)25-3)7-8-18(22)21-9-5-4-6-15(21)20-26-10-11-27-20/h12-13,15,20H,4-11H2,1-3H3. The van der Waals surface area contributed by atoms with Crippen LogP contribution in [0, 0.1) is 0 Å². The van der Waals surface area contributed by atoms with Crippen LogP contribution in [-0.4, -0.2) is 64.2 Å². The number of nitrogens with zero attached hydrogens (tertiary/aromatic N) is 1. The van der Waals surface area contributed by atoms with E-state index in [0.29, 0.717) is 43.3 Å². The van der Waals surface area contributed by atoms with Gasteiger partial charge in [0.15, 0.2) is 17.8 Å². The zero-order valence-corrected chi connectivity index (χ0v) is 16.4. The SMILES string of the molecule is COc1cc(CCC(=O)N2CCCCC2C2OCCO2)cc(OC)c1OC. The predicted molar refractivity (Wildman–Crippen MR) is 99.5 cm³/mol. The van der Waals surface area contributed by atoms with Crippen molar-refractivity contribution in [3.8, 4) is 17.2 Å². The van der Waals surface area contributed by atoms with Crippen LogP contribution in [0.1, 0.15) is 31.2 Å². The Hall–Kier alpha value is -1.99.